The molecule has 21 heavy (non-hydrogen) atoms. The molecule has 0 radical (unpaired) electrons. The van der Waals surface area contributed by atoms with Crippen molar-refractivity contribution in [3.05, 3.63) is 59.2 Å². The van der Waals surface area contributed by atoms with Crippen molar-refractivity contribution in [1.29, 1.82) is 0 Å². The maximum absolute atomic E-state index is 13.9. The van der Waals surface area contributed by atoms with E-state index in [4.69, 9.17) is 18.0 Å². The molecule has 5 heteroatoms. The maximum Gasteiger partial charge on any atom is 0.150 e. The molecule has 0 aliphatic carbocycles. The van der Waals surface area contributed by atoms with E-state index in [9.17, 15) is 8.78 Å². The lowest BCUT2D eigenvalue weighted by Gasteiger charge is -2.12. The van der Waals surface area contributed by atoms with E-state index in [0.717, 1.165) is 17.7 Å². The number of benzene rings is 2. The summed E-state index contributed by atoms with van der Waals surface area (Å²) in [5.41, 5.74) is 7.10. The predicted molar refractivity (Wildman–Crippen MR) is 86.1 cm³/mol. The summed E-state index contributed by atoms with van der Waals surface area (Å²) in [6.07, 6.45) is 0. The highest BCUT2D eigenvalue weighted by Gasteiger charge is 2.12. The zero-order valence-electron chi connectivity index (χ0n) is 11.8. The van der Waals surface area contributed by atoms with E-state index in [1.807, 2.05) is 12.1 Å². The van der Waals surface area contributed by atoms with Gasteiger partial charge >= 0.3 is 0 Å². The van der Waals surface area contributed by atoms with Crippen LogP contribution in [0.2, 0.25) is 0 Å². The van der Waals surface area contributed by atoms with Gasteiger partial charge in [-0.1, -0.05) is 38.2 Å². The van der Waals surface area contributed by atoms with Gasteiger partial charge in [-0.3, -0.25) is 0 Å². The summed E-state index contributed by atoms with van der Waals surface area (Å²) in [7, 11) is 0. The van der Waals surface area contributed by atoms with Crippen LogP contribution in [-0.4, -0.2) is 4.99 Å². The molecule has 0 aliphatic rings. The Kier molecular flexibility index (Phi) is 4.53. The molecule has 2 aromatic carbocycles. The Morgan fingerprint density at radius 2 is 1.62 bits per heavy atom. The topological polar surface area (TPSA) is 38.0 Å². The van der Waals surface area contributed by atoms with Gasteiger partial charge in [-0.25, -0.2) is 8.78 Å². The molecule has 0 amide bonds. The van der Waals surface area contributed by atoms with Gasteiger partial charge in [0.25, 0.3) is 0 Å². The molecular formula is C16H16F2N2S. The second kappa shape index (κ2) is 6.18. The third kappa shape index (κ3) is 3.55. The quantitative estimate of drug-likeness (QED) is 0.819. The highest BCUT2D eigenvalue weighted by molar-refractivity contribution is 7.80. The molecule has 0 atom stereocenters. The lowest BCUT2D eigenvalue weighted by atomic mass is 10.0. The number of nitrogens with one attached hydrogen (secondary N) is 1. The van der Waals surface area contributed by atoms with Crippen molar-refractivity contribution in [2.24, 2.45) is 5.73 Å². The third-order valence-corrected chi connectivity index (χ3v) is 3.41. The molecule has 0 fully saturated rings. The van der Waals surface area contributed by atoms with Gasteiger partial charge in [0.15, 0.2) is 0 Å². The van der Waals surface area contributed by atoms with E-state index in [0.29, 0.717) is 11.6 Å². The highest BCUT2D eigenvalue weighted by atomic mass is 32.1. The average molecular weight is 306 g/mol. The van der Waals surface area contributed by atoms with E-state index in [2.05, 4.69) is 19.2 Å². The molecule has 0 aliphatic heterocycles. The molecular weight excluding hydrogens is 290 g/mol. The van der Waals surface area contributed by atoms with Crippen molar-refractivity contribution in [3.8, 4) is 0 Å². The van der Waals surface area contributed by atoms with E-state index < -0.39 is 11.6 Å². The first-order valence-electron chi connectivity index (χ1n) is 6.54. The Morgan fingerprint density at radius 1 is 1.10 bits per heavy atom. The van der Waals surface area contributed by atoms with Gasteiger partial charge in [0.05, 0.1) is 0 Å². The van der Waals surface area contributed by atoms with Crippen LogP contribution < -0.4 is 11.1 Å². The number of halogens is 2. The molecule has 0 aromatic heterocycles. The maximum atomic E-state index is 13.9. The van der Waals surface area contributed by atoms with Crippen LogP contribution in [0.4, 0.5) is 20.2 Å². The largest absolute Gasteiger partial charge is 0.389 e. The van der Waals surface area contributed by atoms with Crippen molar-refractivity contribution in [2.45, 2.75) is 19.8 Å². The predicted octanol–water partition coefficient (Wildman–Crippen LogP) is 4.47. The highest BCUT2D eigenvalue weighted by Crippen LogP contribution is 2.26. The summed E-state index contributed by atoms with van der Waals surface area (Å²) in [5, 5.41) is 2.74. The molecule has 0 bridgehead atoms. The molecule has 0 spiro atoms. The third-order valence-electron chi connectivity index (χ3n) is 3.17. The lowest BCUT2D eigenvalue weighted by Crippen LogP contribution is -2.11. The Morgan fingerprint density at radius 3 is 2.05 bits per heavy atom. The molecule has 2 rings (SSSR count). The van der Waals surface area contributed by atoms with Crippen molar-refractivity contribution < 1.29 is 8.78 Å². The van der Waals surface area contributed by atoms with Crippen LogP contribution in [0.15, 0.2) is 36.4 Å². The monoisotopic (exact) mass is 306 g/mol. The number of hydrogen-bond donors (Lipinski definition) is 2. The molecule has 110 valence electrons. The van der Waals surface area contributed by atoms with Crippen LogP contribution in [0.25, 0.3) is 0 Å². The minimum atomic E-state index is -0.731. The summed E-state index contributed by atoms with van der Waals surface area (Å²) >= 11 is 4.72. The fourth-order valence-electron chi connectivity index (χ4n) is 1.93. The molecule has 3 N–H and O–H groups in total. The van der Waals surface area contributed by atoms with Gasteiger partial charge in [0.1, 0.15) is 22.3 Å². The minimum Gasteiger partial charge on any atom is -0.389 e. The van der Waals surface area contributed by atoms with Gasteiger partial charge in [-0.15, -0.1) is 0 Å². The van der Waals surface area contributed by atoms with Gasteiger partial charge in [-0.2, -0.15) is 0 Å². The van der Waals surface area contributed by atoms with Crippen molar-refractivity contribution in [3.63, 3.8) is 0 Å². The molecule has 0 saturated heterocycles. The SMILES string of the molecule is CC(C)c1ccc(Nc2c(F)cc(C(N)=S)cc2F)cc1. The second-order valence-electron chi connectivity index (χ2n) is 5.08. The van der Waals surface area contributed by atoms with Crippen molar-refractivity contribution >= 4 is 28.6 Å². The summed E-state index contributed by atoms with van der Waals surface area (Å²) in [4.78, 5) is -0.0411. The van der Waals surface area contributed by atoms with Crippen LogP contribution in [0, 0.1) is 11.6 Å². The zero-order chi connectivity index (χ0) is 15.6. The van der Waals surface area contributed by atoms with E-state index in [-0.39, 0.29) is 16.2 Å². The van der Waals surface area contributed by atoms with Gasteiger partial charge in [0.2, 0.25) is 0 Å². The first-order chi connectivity index (χ1) is 9.88. The smallest absolute Gasteiger partial charge is 0.150 e. The Labute approximate surface area is 128 Å². The van der Waals surface area contributed by atoms with Gasteiger partial charge in [-0.05, 0) is 35.7 Å². The zero-order valence-corrected chi connectivity index (χ0v) is 12.6. The first-order valence-corrected chi connectivity index (χ1v) is 6.95. The summed E-state index contributed by atoms with van der Waals surface area (Å²) in [5.74, 6) is -1.06. The normalized spacial score (nSPS) is 10.7. The summed E-state index contributed by atoms with van der Waals surface area (Å²) < 4.78 is 27.9. The van der Waals surface area contributed by atoms with Crippen molar-refractivity contribution in [1.82, 2.24) is 0 Å². The number of nitrogens with two attached hydrogens (primary N) is 1. The van der Waals surface area contributed by atoms with Crippen LogP contribution >= 0.6 is 12.2 Å². The molecule has 2 aromatic rings. The van der Waals surface area contributed by atoms with Crippen LogP contribution in [-0.2, 0) is 0 Å². The van der Waals surface area contributed by atoms with E-state index >= 15 is 0 Å². The average Bonchev–Trinajstić information content (AvgIpc) is 2.43. The minimum absolute atomic E-state index is 0.0411. The molecule has 0 unspecified atom stereocenters. The van der Waals surface area contributed by atoms with E-state index in [1.54, 1.807) is 12.1 Å². The summed E-state index contributed by atoms with van der Waals surface area (Å²) in [6, 6.07) is 9.66. The Hall–Kier alpha value is -2.01. The fraction of sp³-hybridized carbons (Fsp3) is 0.188. The number of hydrogen-bond acceptors (Lipinski definition) is 2. The molecule has 0 heterocycles. The van der Waals surface area contributed by atoms with Gasteiger partial charge in [0, 0.05) is 11.3 Å². The van der Waals surface area contributed by atoms with Crippen molar-refractivity contribution in [2.75, 3.05) is 5.32 Å². The number of thiocarbonyl (C=S) groups is 1. The van der Waals surface area contributed by atoms with Crippen LogP contribution in [0.3, 0.4) is 0 Å². The second-order valence-corrected chi connectivity index (χ2v) is 5.52. The molecule has 2 nitrogen and oxygen atoms in total. The summed E-state index contributed by atoms with van der Waals surface area (Å²) in [6.45, 7) is 4.16. The molecule has 0 saturated carbocycles. The van der Waals surface area contributed by atoms with E-state index in [1.165, 1.54) is 0 Å². The first kappa shape index (κ1) is 15.4. The fourth-order valence-corrected chi connectivity index (χ4v) is 2.05. The standard InChI is InChI=1S/C16H16F2N2S/c1-9(2)10-3-5-12(6-4-10)20-15-13(17)7-11(16(19)21)8-14(15)18/h3-9,20H,1-2H3,(H2,19,21). The number of anilines is 2. The number of rotatable bonds is 4. The van der Waals surface area contributed by atoms with Crippen LogP contribution in [0.1, 0.15) is 30.9 Å². The van der Waals surface area contributed by atoms with Crippen LogP contribution in [0.5, 0.6) is 0 Å². The van der Waals surface area contributed by atoms with Gasteiger partial charge < -0.3 is 11.1 Å². The lowest BCUT2D eigenvalue weighted by molar-refractivity contribution is 0.590. The Balaban J connectivity index is 2.29. The Bertz CT molecular complexity index is 643.